The summed E-state index contributed by atoms with van der Waals surface area (Å²) in [7, 11) is 0. The molecule has 0 amide bonds. The second-order valence-electron chi connectivity index (χ2n) is 6.34. The maximum atomic E-state index is 6.03. The average Bonchev–Trinajstić information content (AvgIpc) is 2.39. The van der Waals surface area contributed by atoms with Crippen LogP contribution < -0.4 is 11.1 Å². The van der Waals surface area contributed by atoms with Crippen LogP contribution in [0.5, 0.6) is 0 Å². The number of hydrogen-bond donors (Lipinski definition) is 2. The summed E-state index contributed by atoms with van der Waals surface area (Å²) in [5, 5.41) is 3.75. The lowest BCUT2D eigenvalue weighted by Gasteiger charge is -2.42. The summed E-state index contributed by atoms with van der Waals surface area (Å²) in [6.45, 7) is 5.98. The van der Waals surface area contributed by atoms with Crippen molar-refractivity contribution in [1.82, 2.24) is 5.32 Å². The zero-order chi connectivity index (χ0) is 12.2. The van der Waals surface area contributed by atoms with Gasteiger partial charge in [-0.2, -0.15) is 0 Å². The summed E-state index contributed by atoms with van der Waals surface area (Å²) in [6, 6.07) is 0. The first-order valence-corrected chi connectivity index (χ1v) is 7.21. The van der Waals surface area contributed by atoms with E-state index in [4.69, 9.17) is 10.5 Å². The third-order valence-electron chi connectivity index (χ3n) is 4.68. The number of ether oxygens (including phenoxy) is 1. The molecular weight excluding hydrogens is 212 g/mol. The smallest absolute Gasteiger partial charge is 0.0645 e. The molecule has 0 aromatic carbocycles. The van der Waals surface area contributed by atoms with Gasteiger partial charge >= 0.3 is 0 Å². The Hall–Kier alpha value is -0.120. The standard InChI is InChI=1S/C14H28N2O/c1-13(6-5-9-17-12-13)16-11-14(10-15)7-3-2-4-8-14/h16H,2-12,15H2,1H3. The van der Waals surface area contributed by atoms with Crippen molar-refractivity contribution in [3.05, 3.63) is 0 Å². The minimum Gasteiger partial charge on any atom is -0.380 e. The van der Waals surface area contributed by atoms with Crippen molar-refractivity contribution in [2.45, 2.75) is 57.4 Å². The van der Waals surface area contributed by atoms with E-state index in [0.717, 1.165) is 26.3 Å². The Morgan fingerprint density at radius 2 is 1.88 bits per heavy atom. The fourth-order valence-corrected chi connectivity index (χ4v) is 3.23. The van der Waals surface area contributed by atoms with E-state index in [-0.39, 0.29) is 5.54 Å². The first kappa shape index (κ1) is 13.3. The molecule has 0 radical (unpaired) electrons. The largest absolute Gasteiger partial charge is 0.380 e. The number of nitrogens with one attached hydrogen (secondary N) is 1. The Balaban J connectivity index is 1.86. The molecular formula is C14H28N2O. The highest BCUT2D eigenvalue weighted by atomic mass is 16.5. The van der Waals surface area contributed by atoms with Gasteiger partial charge in [-0.25, -0.2) is 0 Å². The van der Waals surface area contributed by atoms with Gasteiger partial charge in [0.2, 0.25) is 0 Å². The molecule has 0 spiro atoms. The number of nitrogens with two attached hydrogens (primary N) is 1. The zero-order valence-corrected chi connectivity index (χ0v) is 11.3. The quantitative estimate of drug-likeness (QED) is 0.790. The highest BCUT2D eigenvalue weighted by Crippen LogP contribution is 2.35. The third kappa shape index (κ3) is 3.43. The molecule has 17 heavy (non-hydrogen) atoms. The lowest BCUT2D eigenvalue weighted by Crippen LogP contribution is -2.54. The molecule has 1 heterocycles. The van der Waals surface area contributed by atoms with Crippen LogP contribution >= 0.6 is 0 Å². The molecule has 1 atom stereocenters. The molecule has 3 heteroatoms. The lowest BCUT2D eigenvalue weighted by atomic mass is 9.73. The van der Waals surface area contributed by atoms with Crippen LogP contribution in [0.4, 0.5) is 0 Å². The van der Waals surface area contributed by atoms with E-state index in [1.807, 2.05) is 0 Å². The maximum absolute atomic E-state index is 6.03. The van der Waals surface area contributed by atoms with Crippen molar-refractivity contribution < 1.29 is 4.74 Å². The third-order valence-corrected chi connectivity index (χ3v) is 4.68. The van der Waals surface area contributed by atoms with Gasteiger partial charge < -0.3 is 15.8 Å². The predicted molar refractivity (Wildman–Crippen MR) is 71.0 cm³/mol. The SMILES string of the molecule is CC1(NCC2(CN)CCCCC2)CCCOC1. The summed E-state index contributed by atoms with van der Waals surface area (Å²) >= 11 is 0. The monoisotopic (exact) mass is 240 g/mol. The van der Waals surface area contributed by atoms with Crippen molar-refractivity contribution in [3.63, 3.8) is 0 Å². The van der Waals surface area contributed by atoms with E-state index >= 15 is 0 Å². The Bertz CT molecular complexity index is 230. The molecule has 3 nitrogen and oxygen atoms in total. The van der Waals surface area contributed by atoms with E-state index in [1.165, 1.54) is 44.9 Å². The summed E-state index contributed by atoms with van der Waals surface area (Å²) in [4.78, 5) is 0. The first-order chi connectivity index (χ1) is 8.18. The molecule has 100 valence electrons. The lowest BCUT2D eigenvalue weighted by molar-refractivity contribution is 0.0206. The Morgan fingerprint density at radius 3 is 2.47 bits per heavy atom. The van der Waals surface area contributed by atoms with Crippen LogP contribution in [-0.2, 0) is 4.74 Å². The van der Waals surface area contributed by atoms with Crippen LogP contribution in [-0.4, -0.2) is 31.8 Å². The van der Waals surface area contributed by atoms with Crippen LogP contribution in [0.2, 0.25) is 0 Å². The first-order valence-electron chi connectivity index (χ1n) is 7.21. The van der Waals surface area contributed by atoms with Gasteiger partial charge in [0.15, 0.2) is 0 Å². The summed E-state index contributed by atoms with van der Waals surface area (Å²) in [5.74, 6) is 0. The molecule has 0 bridgehead atoms. The van der Waals surface area contributed by atoms with Crippen LogP contribution in [0.15, 0.2) is 0 Å². The van der Waals surface area contributed by atoms with Gasteiger partial charge in [0.1, 0.15) is 0 Å². The minimum atomic E-state index is 0.178. The van der Waals surface area contributed by atoms with Gasteiger partial charge in [-0.1, -0.05) is 19.3 Å². The highest BCUT2D eigenvalue weighted by Gasteiger charge is 2.34. The van der Waals surface area contributed by atoms with Crippen LogP contribution in [0.3, 0.4) is 0 Å². The van der Waals surface area contributed by atoms with E-state index in [9.17, 15) is 0 Å². The Kier molecular flexibility index (Phi) is 4.45. The molecule has 0 aromatic rings. The maximum Gasteiger partial charge on any atom is 0.0645 e. The second-order valence-corrected chi connectivity index (χ2v) is 6.34. The zero-order valence-electron chi connectivity index (χ0n) is 11.3. The topological polar surface area (TPSA) is 47.3 Å². The molecule has 2 fully saturated rings. The fourth-order valence-electron chi connectivity index (χ4n) is 3.23. The van der Waals surface area contributed by atoms with Crippen molar-refractivity contribution in [1.29, 1.82) is 0 Å². The van der Waals surface area contributed by atoms with E-state index in [0.29, 0.717) is 5.41 Å². The Labute approximate surface area is 105 Å². The molecule has 1 aliphatic carbocycles. The average molecular weight is 240 g/mol. The van der Waals surface area contributed by atoms with Gasteiger partial charge in [0.05, 0.1) is 6.61 Å². The predicted octanol–water partition coefficient (Wildman–Crippen LogP) is 2.05. The summed E-state index contributed by atoms with van der Waals surface area (Å²) in [5.41, 5.74) is 6.56. The van der Waals surface area contributed by atoms with E-state index in [2.05, 4.69) is 12.2 Å². The van der Waals surface area contributed by atoms with Gasteiger partial charge in [-0.05, 0) is 44.6 Å². The van der Waals surface area contributed by atoms with Crippen LogP contribution in [0.1, 0.15) is 51.9 Å². The van der Waals surface area contributed by atoms with Gasteiger partial charge in [-0.3, -0.25) is 0 Å². The Morgan fingerprint density at radius 1 is 1.12 bits per heavy atom. The molecule has 2 rings (SSSR count). The normalized spacial score (nSPS) is 33.5. The molecule has 1 saturated heterocycles. The molecule has 0 aromatic heterocycles. The molecule has 1 saturated carbocycles. The molecule has 1 aliphatic heterocycles. The minimum absolute atomic E-state index is 0.178. The van der Waals surface area contributed by atoms with Crippen molar-refractivity contribution in [2.75, 3.05) is 26.3 Å². The number of rotatable bonds is 4. The van der Waals surface area contributed by atoms with E-state index in [1.54, 1.807) is 0 Å². The van der Waals surface area contributed by atoms with Crippen LogP contribution in [0, 0.1) is 5.41 Å². The van der Waals surface area contributed by atoms with Crippen molar-refractivity contribution >= 4 is 0 Å². The van der Waals surface area contributed by atoms with Gasteiger partial charge in [-0.15, -0.1) is 0 Å². The summed E-state index contributed by atoms with van der Waals surface area (Å²) in [6.07, 6.45) is 9.11. The second kappa shape index (κ2) is 5.68. The molecule has 3 N–H and O–H groups in total. The molecule has 2 aliphatic rings. The van der Waals surface area contributed by atoms with Gasteiger partial charge in [0, 0.05) is 18.7 Å². The van der Waals surface area contributed by atoms with Crippen molar-refractivity contribution in [3.8, 4) is 0 Å². The van der Waals surface area contributed by atoms with Gasteiger partial charge in [0.25, 0.3) is 0 Å². The highest BCUT2D eigenvalue weighted by molar-refractivity contribution is 4.92. The van der Waals surface area contributed by atoms with E-state index < -0.39 is 0 Å². The summed E-state index contributed by atoms with van der Waals surface area (Å²) < 4.78 is 5.60. The van der Waals surface area contributed by atoms with Crippen LogP contribution in [0.25, 0.3) is 0 Å². The molecule has 1 unspecified atom stereocenters. The fraction of sp³-hybridized carbons (Fsp3) is 1.00. The number of hydrogen-bond acceptors (Lipinski definition) is 3. The van der Waals surface area contributed by atoms with Crippen molar-refractivity contribution in [2.24, 2.45) is 11.1 Å².